The summed E-state index contributed by atoms with van der Waals surface area (Å²) in [6.07, 6.45) is 4.64. The molecule has 3 aliphatic rings. The Labute approximate surface area is 459 Å². The molecule has 408 valence electrons. The number of benzene rings is 3. The average Bonchev–Trinajstić information content (AvgIpc) is 3.74. The highest BCUT2D eigenvalue weighted by Gasteiger charge is 2.64. The van der Waals surface area contributed by atoms with E-state index < -0.39 is 12.1 Å². The minimum absolute atomic E-state index is 0.0146. The Morgan fingerprint density at radius 1 is 0.769 bits per heavy atom. The van der Waals surface area contributed by atoms with Crippen molar-refractivity contribution in [3.63, 3.8) is 0 Å². The van der Waals surface area contributed by atoms with Gasteiger partial charge in [0, 0.05) is 68.2 Å². The first-order valence-corrected chi connectivity index (χ1v) is 26.8. The second kappa shape index (κ2) is 25.4. The standard InChI is InChI=1S/C57H62BrN9O11/c1-35-12-16-49(58)63-54(35)64-55(72)47-27-57(3)28-48(57)67(47)52(71)31-66-46-15-13-37(26-44(46)53(65-66)36(2)68)38-29-61-50(62-30-38)17-14-39(69)32-76-24-22-74-20-18-59-51(70)34-77-25-23-75-21-19-60-56(73)78-33-45-42-10-6-4-8-40(42)41-9-5-7-11-43(41)45/h4-13,15-16,26,29-30,45,47-48H,14,17-25,27-28,31-34H2,1-3H3,(H,59,70)(H,60,73)(H,63,64,72)/t47-,48+,57-/m0/s1. The van der Waals surface area contributed by atoms with Gasteiger partial charge in [-0.1, -0.05) is 67.6 Å². The van der Waals surface area contributed by atoms with E-state index in [2.05, 4.69) is 83.1 Å². The first-order chi connectivity index (χ1) is 37.8. The third-order valence-electron chi connectivity index (χ3n) is 14.2. The summed E-state index contributed by atoms with van der Waals surface area (Å²) in [5.74, 6) is -0.336. The number of halogens is 1. The number of carbonyl (C=O) groups excluding carboxylic acids is 6. The lowest BCUT2D eigenvalue weighted by Crippen LogP contribution is -2.47. The predicted molar refractivity (Wildman–Crippen MR) is 291 cm³/mol. The van der Waals surface area contributed by atoms with Crippen molar-refractivity contribution in [2.24, 2.45) is 5.41 Å². The quantitative estimate of drug-likeness (QED) is 0.0287. The maximum atomic E-state index is 14.1. The fourth-order valence-electron chi connectivity index (χ4n) is 10.1. The maximum absolute atomic E-state index is 14.1. The van der Waals surface area contributed by atoms with Crippen LogP contribution in [0.15, 0.2) is 95.9 Å². The highest BCUT2D eigenvalue weighted by molar-refractivity contribution is 9.10. The molecule has 1 saturated heterocycles. The Hall–Kier alpha value is -7.30. The van der Waals surface area contributed by atoms with Gasteiger partial charge < -0.3 is 44.5 Å². The zero-order valence-corrected chi connectivity index (χ0v) is 45.3. The maximum Gasteiger partial charge on any atom is 0.407 e. The average molecular weight is 1130 g/mol. The number of alkyl carbamates (subject to hydrolysis) is 1. The lowest BCUT2D eigenvalue weighted by molar-refractivity contribution is -0.138. The number of ether oxygens (including phenoxy) is 5. The van der Waals surface area contributed by atoms with Gasteiger partial charge in [-0.2, -0.15) is 5.10 Å². The van der Waals surface area contributed by atoms with Crippen molar-refractivity contribution in [1.82, 2.24) is 40.3 Å². The highest BCUT2D eigenvalue weighted by Crippen LogP contribution is 2.59. The van der Waals surface area contributed by atoms with E-state index in [0.717, 1.165) is 28.7 Å². The van der Waals surface area contributed by atoms with Crippen LogP contribution in [0.5, 0.6) is 0 Å². The van der Waals surface area contributed by atoms with Gasteiger partial charge in [-0.15, -0.1) is 0 Å². The van der Waals surface area contributed by atoms with Crippen LogP contribution < -0.4 is 16.0 Å². The SMILES string of the molecule is CC(=O)c1nn(CC(=O)N2[C@H](C(=O)Nc3nc(Br)ccc3C)C[C@@]3(C)C[C@@H]23)c2ccc(-c3cnc(CCC(=O)COCCOCCNC(=O)COCCOCCNC(=O)OCC4c5ccccc5-c5ccccc54)nc3)cc12. The number of aryl methyl sites for hydroxylation is 2. The zero-order valence-electron chi connectivity index (χ0n) is 43.8. The molecule has 2 aliphatic carbocycles. The van der Waals surface area contributed by atoms with Crippen molar-refractivity contribution < 1.29 is 52.5 Å². The number of fused-ring (bicyclic) bond motifs is 5. The number of piperidine rings is 1. The Morgan fingerprint density at radius 2 is 1.44 bits per heavy atom. The number of likely N-dealkylation sites (tertiary alicyclic amines) is 1. The predicted octanol–water partition coefficient (Wildman–Crippen LogP) is 6.40. The number of carbonyl (C=O) groups is 6. The molecule has 4 heterocycles. The summed E-state index contributed by atoms with van der Waals surface area (Å²) in [7, 11) is 0. The third kappa shape index (κ3) is 13.5. The number of ketones is 2. The molecule has 0 radical (unpaired) electrons. The molecular weight excluding hydrogens is 1070 g/mol. The first kappa shape index (κ1) is 55.5. The molecule has 78 heavy (non-hydrogen) atoms. The second-order valence-electron chi connectivity index (χ2n) is 19.8. The Kier molecular flexibility index (Phi) is 18.1. The molecule has 3 aromatic heterocycles. The molecule has 0 unspecified atom stereocenters. The van der Waals surface area contributed by atoms with Crippen LogP contribution in [0, 0.1) is 12.3 Å². The van der Waals surface area contributed by atoms with Crippen LogP contribution in [0.25, 0.3) is 33.2 Å². The summed E-state index contributed by atoms with van der Waals surface area (Å²) >= 11 is 3.36. The molecule has 0 bridgehead atoms. The number of anilines is 1. The number of pyridine rings is 1. The molecule has 20 nitrogen and oxygen atoms in total. The zero-order chi connectivity index (χ0) is 54.8. The van der Waals surface area contributed by atoms with E-state index in [1.165, 1.54) is 22.7 Å². The number of amides is 4. The Morgan fingerprint density at radius 3 is 2.14 bits per heavy atom. The summed E-state index contributed by atoms with van der Waals surface area (Å²) < 4.78 is 29.5. The van der Waals surface area contributed by atoms with Crippen LogP contribution in [-0.4, -0.2) is 150 Å². The molecule has 0 spiro atoms. The van der Waals surface area contributed by atoms with E-state index in [0.29, 0.717) is 45.6 Å². The summed E-state index contributed by atoms with van der Waals surface area (Å²) in [5.41, 5.74) is 7.52. The van der Waals surface area contributed by atoms with E-state index in [-0.39, 0.29) is 138 Å². The van der Waals surface area contributed by atoms with Crippen LogP contribution >= 0.6 is 15.9 Å². The molecule has 2 fully saturated rings. The van der Waals surface area contributed by atoms with E-state index >= 15 is 0 Å². The van der Waals surface area contributed by atoms with Gasteiger partial charge in [0.25, 0.3) is 0 Å². The number of rotatable bonds is 27. The van der Waals surface area contributed by atoms with Gasteiger partial charge in [0.1, 0.15) is 54.3 Å². The second-order valence-corrected chi connectivity index (χ2v) is 20.6. The van der Waals surface area contributed by atoms with Crippen molar-refractivity contribution in [2.75, 3.05) is 77.9 Å². The van der Waals surface area contributed by atoms with Crippen molar-refractivity contribution in [1.29, 1.82) is 0 Å². The molecule has 1 saturated carbocycles. The monoisotopic (exact) mass is 1130 g/mol. The Balaban J connectivity index is 0.612. The van der Waals surface area contributed by atoms with E-state index in [9.17, 15) is 28.8 Å². The molecule has 3 N–H and O–H groups in total. The van der Waals surface area contributed by atoms with Gasteiger partial charge in [0.15, 0.2) is 11.6 Å². The van der Waals surface area contributed by atoms with Gasteiger partial charge in [-0.05, 0) is 92.7 Å². The molecule has 1 aliphatic heterocycles. The minimum atomic E-state index is -0.675. The normalized spacial score (nSPS) is 17.1. The molecule has 3 atom stereocenters. The number of hydrogen-bond donors (Lipinski definition) is 3. The summed E-state index contributed by atoms with van der Waals surface area (Å²) in [6, 6.07) is 24.7. The summed E-state index contributed by atoms with van der Waals surface area (Å²) in [5, 5.41) is 13.5. The molecule has 21 heteroatoms. The van der Waals surface area contributed by atoms with Crippen molar-refractivity contribution in [3.8, 4) is 22.3 Å². The van der Waals surface area contributed by atoms with E-state index in [4.69, 9.17) is 23.7 Å². The summed E-state index contributed by atoms with van der Waals surface area (Å²) in [6.45, 7) is 7.16. The van der Waals surface area contributed by atoms with E-state index in [1.54, 1.807) is 23.4 Å². The number of hydrogen-bond acceptors (Lipinski definition) is 15. The van der Waals surface area contributed by atoms with Crippen LogP contribution in [0.4, 0.5) is 10.6 Å². The fourth-order valence-corrected chi connectivity index (χ4v) is 10.4. The summed E-state index contributed by atoms with van der Waals surface area (Å²) in [4.78, 5) is 92.6. The van der Waals surface area contributed by atoms with Crippen molar-refractivity contribution >= 4 is 68.0 Å². The van der Waals surface area contributed by atoms with Crippen LogP contribution in [0.2, 0.25) is 0 Å². The van der Waals surface area contributed by atoms with Crippen molar-refractivity contribution in [2.45, 2.75) is 71.0 Å². The topological polar surface area (TPSA) is 244 Å². The van der Waals surface area contributed by atoms with Gasteiger partial charge in [0.05, 0.1) is 45.2 Å². The molecule has 6 aromatic rings. The fraction of sp³-hybridized carbons (Fsp3) is 0.404. The lowest BCUT2D eigenvalue weighted by atomic mass is 9.98. The van der Waals surface area contributed by atoms with Gasteiger partial charge in [0.2, 0.25) is 17.7 Å². The van der Waals surface area contributed by atoms with Crippen LogP contribution in [-0.2, 0) is 55.8 Å². The van der Waals surface area contributed by atoms with Gasteiger partial charge in [-0.3, -0.25) is 28.7 Å². The van der Waals surface area contributed by atoms with Crippen molar-refractivity contribution in [3.05, 3.63) is 124 Å². The molecule has 4 amide bonds. The number of Topliss-reactive ketones (excluding diaryl/α,β-unsaturated/α-hetero) is 2. The largest absolute Gasteiger partial charge is 0.449 e. The lowest BCUT2D eigenvalue weighted by Gasteiger charge is -2.27. The molecule has 9 rings (SSSR count). The van der Waals surface area contributed by atoms with Gasteiger partial charge >= 0.3 is 6.09 Å². The molecular formula is C57H62BrN9O11. The highest BCUT2D eigenvalue weighted by atomic mass is 79.9. The Bertz CT molecular complexity index is 3140. The number of nitrogens with one attached hydrogen (secondary N) is 3. The first-order valence-electron chi connectivity index (χ1n) is 26.0. The third-order valence-corrected chi connectivity index (χ3v) is 14.7. The van der Waals surface area contributed by atoms with Crippen LogP contribution in [0.3, 0.4) is 0 Å². The minimum Gasteiger partial charge on any atom is -0.449 e. The van der Waals surface area contributed by atoms with E-state index in [1.807, 2.05) is 55.5 Å². The molecule has 3 aromatic carbocycles. The van der Waals surface area contributed by atoms with Crippen LogP contribution in [0.1, 0.15) is 72.0 Å². The number of nitrogens with zero attached hydrogens (tertiary/aromatic N) is 6. The number of aromatic nitrogens is 5. The smallest absolute Gasteiger partial charge is 0.407 e. The van der Waals surface area contributed by atoms with Gasteiger partial charge in [-0.25, -0.2) is 19.7 Å².